The summed E-state index contributed by atoms with van der Waals surface area (Å²) in [6.07, 6.45) is -0.222. The first-order chi connectivity index (χ1) is 7.88. The van der Waals surface area contributed by atoms with Gasteiger partial charge < -0.3 is 10.5 Å². The summed E-state index contributed by atoms with van der Waals surface area (Å²) in [7, 11) is 0. The van der Waals surface area contributed by atoms with E-state index < -0.39 is 6.85 Å². The molecule has 0 unspecified atom stereocenters. The van der Waals surface area contributed by atoms with Crippen LogP contribution in [0.3, 0.4) is 0 Å². The van der Waals surface area contributed by atoms with Crippen LogP contribution >= 0.6 is 0 Å². The minimum absolute atomic E-state index is 0.0476. The van der Waals surface area contributed by atoms with E-state index in [2.05, 4.69) is 4.99 Å². The van der Waals surface area contributed by atoms with Gasteiger partial charge in [-0.2, -0.15) is 0 Å². The van der Waals surface area contributed by atoms with Crippen molar-refractivity contribution in [1.29, 1.82) is 0 Å². The molecule has 0 aliphatic carbocycles. The molecule has 2 rings (SSSR count). The maximum atomic E-state index is 7.28. The van der Waals surface area contributed by atoms with Crippen molar-refractivity contribution in [3.63, 3.8) is 0 Å². The van der Waals surface area contributed by atoms with Gasteiger partial charge in [-0.05, 0) is 19.3 Å². The number of hydrogen-bond acceptors (Lipinski definition) is 3. The summed E-state index contributed by atoms with van der Waals surface area (Å²) >= 11 is 0. The zero-order valence-corrected chi connectivity index (χ0v) is 7.90. The highest BCUT2D eigenvalue weighted by Crippen LogP contribution is 2.27. The van der Waals surface area contributed by atoms with Crippen LogP contribution in [0.2, 0.25) is 0 Å². The lowest BCUT2D eigenvalue weighted by Crippen LogP contribution is -2.14. The summed E-state index contributed by atoms with van der Waals surface area (Å²) in [5, 5.41) is 0. The predicted octanol–water partition coefficient (Wildman–Crippen LogP) is 1.77. The largest absolute Gasteiger partial charge is 0.455 e. The predicted molar refractivity (Wildman–Crippen MR) is 56.1 cm³/mol. The number of aryl methyl sites for hydroxylation is 1. The Hall–Kier alpha value is -1.51. The van der Waals surface area contributed by atoms with Crippen molar-refractivity contribution in [1.82, 2.24) is 0 Å². The van der Waals surface area contributed by atoms with Gasteiger partial charge >= 0.3 is 0 Å². The van der Waals surface area contributed by atoms with E-state index in [0.717, 1.165) is 5.56 Å². The Morgan fingerprint density at radius 2 is 2.14 bits per heavy atom. The van der Waals surface area contributed by atoms with E-state index in [4.69, 9.17) is 14.6 Å². The molecule has 0 amide bonds. The van der Waals surface area contributed by atoms with Crippen LogP contribution < -0.4 is 5.73 Å². The van der Waals surface area contributed by atoms with E-state index in [1.165, 1.54) is 0 Å². The minimum atomic E-state index is -2.07. The van der Waals surface area contributed by atoms with Crippen LogP contribution in [0.25, 0.3) is 0 Å². The maximum Gasteiger partial charge on any atom is 0.283 e. The quantitative estimate of drug-likeness (QED) is 0.739. The molecule has 0 bridgehead atoms. The van der Waals surface area contributed by atoms with Crippen LogP contribution in [0.15, 0.2) is 29.3 Å². The second-order valence-corrected chi connectivity index (χ2v) is 3.37. The summed E-state index contributed by atoms with van der Waals surface area (Å²) in [5.74, 6) is 0. The Bertz CT molecular complexity index is 439. The minimum Gasteiger partial charge on any atom is -0.455 e. The third kappa shape index (κ3) is 1.58. The van der Waals surface area contributed by atoms with Gasteiger partial charge in [0, 0.05) is 4.11 Å². The molecule has 3 heteroatoms. The van der Waals surface area contributed by atoms with Crippen LogP contribution in [-0.2, 0) is 4.74 Å². The van der Waals surface area contributed by atoms with Gasteiger partial charge in [-0.3, -0.25) is 0 Å². The van der Waals surface area contributed by atoms with Crippen molar-refractivity contribution < 1.29 is 8.85 Å². The van der Waals surface area contributed by atoms with E-state index in [1.54, 1.807) is 24.3 Å². The number of ether oxygens (including phenoxy) is 1. The van der Waals surface area contributed by atoms with Gasteiger partial charge in [0.15, 0.2) is 0 Å². The highest BCUT2D eigenvalue weighted by atomic mass is 16.5. The third-order valence-corrected chi connectivity index (χ3v) is 2.26. The SMILES string of the molecule is [2H]C([2H])([2H])c1ccc([C@H]2OC(N)=N[C@H]2C)cc1. The highest BCUT2D eigenvalue weighted by Gasteiger charge is 2.27. The standard InChI is InChI=1S/C11H14N2O/c1-7-3-5-9(6-4-7)10-8(2)13-11(12)14-10/h3-6,8,10H,1-2H3,(H2,12,13)/t8-,10-/m0/s1/i1D3. The first-order valence-electron chi connectivity index (χ1n) is 5.98. The van der Waals surface area contributed by atoms with Crippen molar-refractivity contribution >= 4 is 6.02 Å². The first kappa shape index (κ1) is 6.06. The molecular formula is C11H14N2O. The summed E-state index contributed by atoms with van der Waals surface area (Å²) in [6.45, 7) is -0.168. The molecule has 1 aromatic rings. The Balaban J connectivity index is 2.20. The van der Waals surface area contributed by atoms with Crippen molar-refractivity contribution in [2.24, 2.45) is 10.7 Å². The molecule has 2 N–H and O–H groups in total. The highest BCUT2D eigenvalue weighted by molar-refractivity contribution is 5.73. The molecule has 2 atom stereocenters. The summed E-state index contributed by atoms with van der Waals surface area (Å²) < 4.78 is 27.2. The zero-order chi connectivity index (χ0) is 12.6. The second kappa shape index (κ2) is 3.33. The van der Waals surface area contributed by atoms with E-state index >= 15 is 0 Å². The number of aliphatic imine (C=N–C) groups is 1. The average Bonchev–Trinajstić information content (AvgIpc) is 2.57. The van der Waals surface area contributed by atoms with Gasteiger partial charge in [0.25, 0.3) is 6.02 Å². The van der Waals surface area contributed by atoms with E-state index in [0.29, 0.717) is 5.56 Å². The fraction of sp³-hybridized carbons (Fsp3) is 0.364. The Kier molecular flexibility index (Phi) is 1.44. The normalized spacial score (nSPS) is 29.8. The lowest BCUT2D eigenvalue weighted by atomic mass is 10.0. The fourth-order valence-electron chi connectivity index (χ4n) is 1.55. The molecule has 0 fully saturated rings. The van der Waals surface area contributed by atoms with Crippen LogP contribution in [0.4, 0.5) is 0 Å². The van der Waals surface area contributed by atoms with Crippen LogP contribution in [0.5, 0.6) is 0 Å². The van der Waals surface area contributed by atoms with Crippen molar-refractivity contribution in [3.8, 4) is 0 Å². The number of hydrogen-bond donors (Lipinski definition) is 1. The van der Waals surface area contributed by atoms with Crippen LogP contribution in [-0.4, -0.2) is 12.1 Å². The molecule has 1 aromatic carbocycles. The zero-order valence-electron chi connectivity index (χ0n) is 10.9. The lowest BCUT2D eigenvalue weighted by Gasteiger charge is -2.14. The van der Waals surface area contributed by atoms with E-state index in [1.807, 2.05) is 6.92 Å². The number of nitrogens with two attached hydrogens (primary N) is 1. The fourth-order valence-corrected chi connectivity index (χ4v) is 1.55. The molecule has 0 saturated carbocycles. The Morgan fingerprint density at radius 3 is 2.64 bits per heavy atom. The van der Waals surface area contributed by atoms with Gasteiger partial charge in [0.1, 0.15) is 6.10 Å². The first-order valence-corrected chi connectivity index (χ1v) is 4.48. The smallest absolute Gasteiger partial charge is 0.283 e. The van der Waals surface area contributed by atoms with Gasteiger partial charge in [-0.1, -0.05) is 29.8 Å². The average molecular weight is 193 g/mol. The van der Waals surface area contributed by atoms with Crippen molar-refractivity contribution in [3.05, 3.63) is 35.4 Å². The molecule has 74 valence electrons. The van der Waals surface area contributed by atoms with Crippen molar-refractivity contribution in [2.75, 3.05) is 0 Å². The molecule has 0 aromatic heterocycles. The molecule has 0 radical (unpaired) electrons. The van der Waals surface area contributed by atoms with Gasteiger partial charge in [-0.25, -0.2) is 4.99 Å². The van der Waals surface area contributed by atoms with Gasteiger partial charge in [0.05, 0.1) is 6.04 Å². The van der Waals surface area contributed by atoms with E-state index in [-0.39, 0.29) is 18.2 Å². The molecule has 1 heterocycles. The summed E-state index contributed by atoms with van der Waals surface area (Å²) in [6, 6.07) is 6.81. The monoisotopic (exact) mass is 193 g/mol. The molecule has 0 saturated heterocycles. The molecule has 3 nitrogen and oxygen atoms in total. The molecule has 0 spiro atoms. The Morgan fingerprint density at radius 1 is 1.43 bits per heavy atom. The third-order valence-electron chi connectivity index (χ3n) is 2.26. The van der Waals surface area contributed by atoms with Gasteiger partial charge in [-0.15, -0.1) is 0 Å². The molecule has 1 aliphatic rings. The Labute approximate surface area is 87.8 Å². The number of nitrogens with zero attached hydrogens (tertiary/aromatic N) is 1. The lowest BCUT2D eigenvalue weighted by molar-refractivity contribution is 0.199. The summed E-state index contributed by atoms with van der Waals surface area (Å²) in [4.78, 5) is 4.08. The molecule has 14 heavy (non-hydrogen) atoms. The van der Waals surface area contributed by atoms with Crippen LogP contribution in [0, 0.1) is 6.85 Å². The van der Waals surface area contributed by atoms with Crippen LogP contribution in [0.1, 0.15) is 28.3 Å². The maximum absolute atomic E-state index is 7.28. The van der Waals surface area contributed by atoms with Gasteiger partial charge in [0.2, 0.25) is 0 Å². The number of rotatable bonds is 1. The topological polar surface area (TPSA) is 47.6 Å². The van der Waals surface area contributed by atoms with E-state index in [9.17, 15) is 0 Å². The summed E-state index contributed by atoms with van der Waals surface area (Å²) in [5.41, 5.74) is 6.69. The number of amidine groups is 1. The van der Waals surface area contributed by atoms with Crippen molar-refractivity contribution in [2.45, 2.75) is 25.9 Å². The number of benzene rings is 1. The molecule has 1 aliphatic heterocycles. The molecular weight excluding hydrogens is 176 g/mol. The second-order valence-electron chi connectivity index (χ2n) is 3.37.